The van der Waals surface area contributed by atoms with E-state index in [0.29, 0.717) is 0 Å². The third-order valence-electron chi connectivity index (χ3n) is 11.4. The van der Waals surface area contributed by atoms with Crippen LogP contribution in [-0.4, -0.2) is 9.55 Å². The number of hydrogen-bond acceptors (Lipinski definition) is 2. The van der Waals surface area contributed by atoms with Crippen LogP contribution in [0.1, 0.15) is 25.0 Å². The largest absolute Gasteiger partial charge is 0.456 e. The number of aromatic nitrogens is 2. The molecule has 0 amide bonds. The third kappa shape index (κ3) is 4.31. The Labute approximate surface area is 307 Å². The highest BCUT2D eigenvalue weighted by atomic mass is 16.3. The third-order valence-corrected chi connectivity index (χ3v) is 11.4. The van der Waals surface area contributed by atoms with Crippen molar-refractivity contribution in [3.63, 3.8) is 0 Å². The Bertz CT molecular complexity index is 3000. The van der Waals surface area contributed by atoms with Gasteiger partial charge in [-0.25, -0.2) is 4.98 Å². The number of para-hydroxylation sites is 2. The van der Waals surface area contributed by atoms with E-state index in [1.807, 2.05) is 12.1 Å². The fourth-order valence-corrected chi connectivity index (χ4v) is 8.95. The normalized spacial score (nSPS) is 13.2. The molecule has 11 rings (SSSR count). The number of pyridine rings is 1. The van der Waals surface area contributed by atoms with Crippen molar-refractivity contribution in [2.75, 3.05) is 0 Å². The van der Waals surface area contributed by atoms with E-state index in [1.165, 1.54) is 49.4 Å². The van der Waals surface area contributed by atoms with Crippen LogP contribution in [-0.2, 0) is 5.41 Å². The second-order valence-corrected chi connectivity index (χ2v) is 14.7. The van der Waals surface area contributed by atoms with Crippen LogP contribution in [0.4, 0.5) is 0 Å². The van der Waals surface area contributed by atoms with Crippen molar-refractivity contribution in [1.82, 2.24) is 9.55 Å². The highest BCUT2D eigenvalue weighted by molar-refractivity contribution is 6.32. The maximum absolute atomic E-state index is 6.87. The summed E-state index contributed by atoms with van der Waals surface area (Å²) in [6, 6.07) is 60.7. The van der Waals surface area contributed by atoms with Crippen molar-refractivity contribution in [3.8, 4) is 50.5 Å². The average molecular weight is 679 g/mol. The Kier molecular flexibility index (Phi) is 6.30. The molecule has 3 aromatic heterocycles. The zero-order chi connectivity index (χ0) is 35.3. The zero-order valence-corrected chi connectivity index (χ0v) is 29.5. The van der Waals surface area contributed by atoms with Crippen molar-refractivity contribution in [2.45, 2.75) is 19.3 Å². The number of hydrogen-bond donors (Lipinski definition) is 0. The van der Waals surface area contributed by atoms with Crippen LogP contribution in [0.5, 0.6) is 0 Å². The molecule has 3 nitrogen and oxygen atoms in total. The van der Waals surface area contributed by atoms with E-state index in [-0.39, 0.29) is 5.41 Å². The van der Waals surface area contributed by atoms with Crippen LogP contribution in [0.25, 0.3) is 94.2 Å². The highest BCUT2D eigenvalue weighted by Gasteiger charge is 2.41. The monoisotopic (exact) mass is 678 g/mol. The van der Waals surface area contributed by atoms with Crippen molar-refractivity contribution in [2.24, 2.45) is 0 Å². The maximum atomic E-state index is 6.87. The van der Waals surface area contributed by atoms with E-state index in [4.69, 9.17) is 9.40 Å². The van der Waals surface area contributed by atoms with Crippen LogP contribution >= 0.6 is 0 Å². The molecule has 0 N–H and O–H groups in total. The summed E-state index contributed by atoms with van der Waals surface area (Å²) in [5, 5.41) is 4.81. The van der Waals surface area contributed by atoms with Crippen molar-refractivity contribution < 1.29 is 4.42 Å². The Morgan fingerprint density at radius 3 is 1.85 bits per heavy atom. The average Bonchev–Trinajstić information content (AvgIpc) is 3.84. The lowest BCUT2D eigenvalue weighted by Gasteiger charge is -2.22. The van der Waals surface area contributed by atoms with Gasteiger partial charge in [0.1, 0.15) is 11.2 Å². The molecular weight excluding hydrogens is 645 g/mol. The van der Waals surface area contributed by atoms with Crippen LogP contribution < -0.4 is 0 Å². The summed E-state index contributed by atoms with van der Waals surface area (Å²) in [4.78, 5) is 5.12. The van der Waals surface area contributed by atoms with Gasteiger partial charge in [-0.3, -0.25) is 0 Å². The van der Waals surface area contributed by atoms with E-state index in [2.05, 4.69) is 176 Å². The van der Waals surface area contributed by atoms with E-state index < -0.39 is 0 Å². The molecule has 0 unspecified atom stereocenters. The number of fused-ring (bicyclic) bond motifs is 12. The van der Waals surface area contributed by atoms with Crippen LogP contribution in [0.2, 0.25) is 0 Å². The fraction of sp³-hybridized carbons (Fsp3) is 0.0600. The summed E-state index contributed by atoms with van der Waals surface area (Å²) in [7, 11) is 0. The summed E-state index contributed by atoms with van der Waals surface area (Å²) in [5.74, 6) is 0. The predicted molar refractivity (Wildman–Crippen MR) is 220 cm³/mol. The molecule has 0 bridgehead atoms. The molecule has 1 aliphatic carbocycles. The minimum atomic E-state index is -0.244. The van der Waals surface area contributed by atoms with Gasteiger partial charge in [0.2, 0.25) is 0 Å². The first-order valence-electron chi connectivity index (χ1n) is 18.3. The van der Waals surface area contributed by atoms with Gasteiger partial charge in [0.15, 0.2) is 0 Å². The molecule has 250 valence electrons. The number of furan rings is 1. The molecule has 3 heterocycles. The highest BCUT2D eigenvalue weighted by Crippen LogP contribution is 2.57. The quantitative estimate of drug-likeness (QED) is 0.185. The fourth-order valence-electron chi connectivity index (χ4n) is 8.95. The lowest BCUT2D eigenvalue weighted by molar-refractivity contribution is 0.620. The lowest BCUT2D eigenvalue weighted by atomic mass is 9.81. The Balaban J connectivity index is 1.19. The van der Waals surface area contributed by atoms with Gasteiger partial charge in [0.05, 0.1) is 22.4 Å². The smallest absolute Gasteiger partial charge is 0.140 e. The maximum Gasteiger partial charge on any atom is 0.140 e. The topological polar surface area (TPSA) is 31.0 Å². The van der Waals surface area contributed by atoms with Gasteiger partial charge >= 0.3 is 0 Å². The van der Waals surface area contributed by atoms with Gasteiger partial charge in [0.25, 0.3) is 0 Å². The van der Waals surface area contributed by atoms with Crippen LogP contribution in [0, 0.1) is 0 Å². The molecule has 0 atom stereocenters. The molecule has 0 saturated carbocycles. The number of rotatable bonds is 4. The number of nitrogens with zero attached hydrogens (tertiary/aromatic N) is 2. The molecule has 7 aromatic carbocycles. The Hall–Kier alpha value is -6.71. The molecular formula is C50H34N2O. The van der Waals surface area contributed by atoms with Gasteiger partial charge in [-0.2, -0.15) is 0 Å². The van der Waals surface area contributed by atoms with Crippen LogP contribution in [0.3, 0.4) is 0 Å². The molecule has 0 saturated heterocycles. The molecule has 0 fully saturated rings. The molecule has 0 radical (unpaired) electrons. The van der Waals surface area contributed by atoms with Crippen molar-refractivity contribution in [1.29, 1.82) is 0 Å². The molecule has 1 aliphatic rings. The predicted octanol–water partition coefficient (Wildman–Crippen LogP) is 13.4. The lowest BCUT2D eigenvalue weighted by Crippen LogP contribution is -2.15. The first-order chi connectivity index (χ1) is 26.1. The van der Waals surface area contributed by atoms with Crippen LogP contribution in [0.15, 0.2) is 174 Å². The second-order valence-electron chi connectivity index (χ2n) is 14.7. The van der Waals surface area contributed by atoms with Gasteiger partial charge in [-0.15, -0.1) is 0 Å². The minimum Gasteiger partial charge on any atom is -0.456 e. The van der Waals surface area contributed by atoms with E-state index in [0.717, 1.165) is 55.9 Å². The zero-order valence-electron chi connectivity index (χ0n) is 29.5. The van der Waals surface area contributed by atoms with Crippen molar-refractivity contribution >= 4 is 43.7 Å². The Morgan fingerprint density at radius 1 is 0.528 bits per heavy atom. The van der Waals surface area contributed by atoms with Gasteiger partial charge in [0, 0.05) is 54.9 Å². The summed E-state index contributed by atoms with van der Waals surface area (Å²) in [5.41, 5.74) is 16.7. The van der Waals surface area contributed by atoms with Crippen molar-refractivity contribution in [3.05, 3.63) is 181 Å². The summed E-state index contributed by atoms with van der Waals surface area (Å²) >= 11 is 0. The SMILES string of the molecule is CC1(C)c2ccccc2-c2c1c1oc3ccccc3c1c1c3ccccc3n(-c3ccc(-c4cc(-c5ccccc5)nc(-c5ccccc5)c4)cc3)c21. The summed E-state index contributed by atoms with van der Waals surface area (Å²) in [6.45, 7) is 4.69. The minimum absolute atomic E-state index is 0.244. The van der Waals surface area contributed by atoms with Gasteiger partial charge in [-0.1, -0.05) is 147 Å². The van der Waals surface area contributed by atoms with Gasteiger partial charge in [-0.05, 0) is 58.7 Å². The van der Waals surface area contributed by atoms with E-state index in [1.54, 1.807) is 0 Å². The first-order valence-corrected chi connectivity index (χ1v) is 18.3. The molecule has 3 heteroatoms. The molecule has 10 aromatic rings. The molecule has 53 heavy (non-hydrogen) atoms. The van der Waals surface area contributed by atoms with Gasteiger partial charge < -0.3 is 8.98 Å². The Morgan fingerprint density at radius 2 is 1.13 bits per heavy atom. The second kappa shape index (κ2) is 11.1. The molecule has 0 aliphatic heterocycles. The molecule has 0 spiro atoms. The standard InChI is InChI=1S/C50H34N2O/c1-50(2)39-22-12-9-19-36(39)46-47(50)49-45(38-21-11-14-24-43(38)53-49)44-37-20-10-13-23-42(37)52(48(44)46)35-27-25-31(26-28-35)34-29-40(32-15-5-3-6-16-32)51-41(30-34)33-17-7-4-8-18-33/h3-30H,1-2H3. The van der Waals surface area contributed by atoms with E-state index in [9.17, 15) is 0 Å². The number of benzene rings is 7. The summed E-state index contributed by atoms with van der Waals surface area (Å²) in [6.07, 6.45) is 0. The first kappa shape index (κ1) is 30.0. The van der Waals surface area contributed by atoms with E-state index >= 15 is 0 Å². The summed E-state index contributed by atoms with van der Waals surface area (Å²) < 4.78 is 9.36.